The van der Waals surface area contributed by atoms with E-state index < -0.39 is 0 Å². The number of methoxy groups -OCH3 is 1. The normalized spacial score (nSPS) is 11.4. The van der Waals surface area contributed by atoms with E-state index in [0.717, 1.165) is 6.54 Å². The van der Waals surface area contributed by atoms with Crippen molar-refractivity contribution in [2.24, 2.45) is 0 Å². The number of carbonyl (C=O) groups is 1. The van der Waals surface area contributed by atoms with Crippen LogP contribution in [0.5, 0.6) is 0 Å². The average molecular weight is 186 g/mol. The first-order valence-electron chi connectivity index (χ1n) is 4.39. The Hall–Kier alpha value is -0.670. The third kappa shape index (κ3) is 5.55. The third-order valence-corrected chi connectivity index (χ3v) is 1.95. The number of quaternary nitrogens is 1. The average Bonchev–Trinajstić information content (AvgIpc) is 2.00. The third-order valence-electron chi connectivity index (χ3n) is 1.95. The number of hydrogen-bond acceptors (Lipinski definition) is 2. The molecular formula is C10H20NO2+. The second-order valence-corrected chi connectivity index (χ2v) is 4.01. The molecule has 3 nitrogen and oxygen atoms in total. The van der Waals surface area contributed by atoms with Crippen LogP contribution in [-0.2, 0) is 9.53 Å². The summed E-state index contributed by atoms with van der Waals surface area (Å²) in [4.78, 5) is 11.4. The molecule has 0 aliphatic carbocycles. The minimum absolute atomic E-state index is 0.126. The molecule has 0 amide bonds. The van der Waals surface area contributed by atoms with Crippen LogP contribution in [0.3, 0.4) is 0 Å². The highest BCUT2D eigenvalue weighted by Crippen LogP contribution is 2.00. The van der Waals surface area contributed by atoms with Crippen molar-refractivity contribution in [3.8, 4) is 0 Å². The largest absolute Gasteiger partial charge is 0.379 e. The van der Waals surface area contributed by atoms with Crippen molar-refractivity contribution in [3.05, 3.63) is 12.2 Å². The lowest BCUT2D eigenvalue weighted by Crippen LogP contribution is -2.46. The van der Waals surface area contributed by atoms with Crippen molar-refractivity contribution in [2.75, 3.05) is 40.9 Å². The van der Waals surface area contributed by atoms with Gasteiger partial charge >= 0.3 is 0 Å². The Balaban J connectivity index is 4.00. The van der Waals surface area contributed by atoms with E-state index in [1.165, 1.54) is 0 Å². The number of hydrogen-bond donors (Lipinski definition) is 0. The smallest absolute Gasteiger partial charge is 0.212 e. The van der Waals surface area contributed by atoms with Crippen LogP contribution >= 0.6 is 0 Å². The molecule has 0 aromatic carbocycles. The highest BCUT2D eigenvalue weighted by Gasteiger charge is 2.19. The minimum atomic E-state index is 0.126. The molecule has 0 saturated heterocycles. The van der Waals surface area contributed by atoms with Gasteiger partial charge in [-0.2, -0.15) is 0 Å². The lowest BCUT2D eigenvalue weighted by atomic mass is 10.2. The molecule has 0 heterocycles. The van der Waals surface area contributed by atoms with Crippen molar-refractivity contribution in [1.82, 2.24) is 0 Å². The molecule has 0 N–H and O–H groups in total. The van der Waals surface area contributed by atoms with E-state index in [-0.39, 0.29) is 5.78 Å². The number of ketones is 1. The summed E-state index contributed by atoms with van der Waals surface area (Å²) in [5.41, 5.74) is 0.628. The maximum atomic E-state index is 11.4. The van der Waals surface area contributed by atoms with Crippen LogP contribution in [0, 0.1) is 0 Å². The Morgan fingerprint density at radius 1 is 1.46 bits per heavy atom. The maximum Gasteiger partial charge on any atom is 0.212 e. The molecule has 0 aromatic heterocycles. The van der Waals surface area contributed by atoms with E-state index in [1.54, 1.807) is 14.0 Å². The Morgan fingerprint density at radius 3 is 2.38 bits per heavy atom. The predicted molar refractivity (Wildman–Crippen MR) is 53.5 cm³/mol. The van der Waals surface area contributed by atoms with Gasteiger partial charge in [-0.1, -0.05) is 6.58 Å². The van der Waals surface area contributed by atoms with Crippen LogP contribution in [-0.4, -0.2) is 51.2 Å². The van der Waals surface area contributed by atoms with Gasteiger partial charge in [-0.15, -0.1) is 0 Å². The fourth-order valence-electron chi connectivity index (χ4n) is 0.941. The highest BCUT2D eigenvalue weighted by atomic mass is 16.5. The summed E-state index contributed by atoms with van der Waals surface area (Å²) in [5, 5.41) is 0. The molecule has 0 aromatic rings. The van der Waals surface area contributed by atoms with Gasteiger partial charge in [-0.25, -0.2) is 0 Å². The van der Waals surface area contributed by atoms with Gasteiger partial charge in [0.05, 0.1) is 20.7 Å². The Morgan fingerprint density at radius 2 is 2.00 bits per heavy atom. The first-order chi connectivity index (χ1) is 5.89. The van der Waals surface area contributed by atoms with Gasteiger partial charge in [0.2, 0.25) is 5.78 Å². The van der Waals surface area contributed by atoms with Gasteiger partial charge in [-0.05, 0) is 12.5 Å². The zero-order chi connectivity index (χ0) is 10.5. The van der Waals surface area contributed by atoms with Crippen LogP contribution in [0.15, 0.2) is 12.2 Å². The molecule has 76 valence electrons. The number of Topliss-reactive ketones (excluding diaryl/α,β-unsaturated/α-hetero) is 1. The van der Waals surface area contributed by atoms with Gasteiger partial charge in [0, 0.05) is 7.11 Å². The van der Waals surface area contributed by atoms with Crippen molar-refractivity contribution in [3.63, 3.8) is 0 Å². The summed E-state index contributed by atoms with van der Waals surface area (Å²) in [7, 11) is 5.69. The van der Waals surface area contributed by atoms with Crippen molar-refractivity contribution in [1.29, 1.82) is 0 Å². The molecule has 0 saturated carbocycles. The van der Waals surface area contributed by atoms with Crippen molar-refractivity contribution >= 4 is 5.78 Å². The molecule has 0 radical (unpaired) electrons. The molecule has 0 spiro atoms. The Bertz CT molecular complexity index is 197. The van der Waals surface area contributed by atoms with Gasteiger partial charge in [0.1, 0.15) is 13.1 Å². The molecule has 0 aliphatic rings. The minimum Gasteiger partial charge on any atom is -0.379 e. The Labute approximate surface area is 80.6 Å². The number of rotatable bonds is 6. The molecule has 0 rings (SSSR count). The van der Waals surface area contributed by atoms with Gasteiger partial charge in [0.15, 0.2) is 0 Å². The van der Waals surface area contributed by atoms with Crippen LogP contribution in [0.4, 0.5) is 0 Å². The first kappa shape index (κ1) is 12.3. The molecule has 0 aliphatic heterocycles. The molecule has 0 atom stereocenters. The summed E-state index contributed by atoms with van der Waals surface area (Å²) in [5.74, 6) is 0.126. The van der Waals surface area contributed by atoms with E-state index in [2.05, 4.69) is 6.58 Å². The van der Waals surface area contributed by atoms with Gasteiger partial charge in [-0.3, -0.25) is 4.79 Å². The monoisotopic (exact) mass is 186 g/mol. The molecule has 0 bridgehead atoms. The number of carbonyl (C=O) groups excluding carboxylic acids is 1. The summed E-state index contributed by atoms with van der Waals surface area (Å²) in [6.07, 6.45) is 0. The fourth-order valence-corrected chi connectivity index (χ4v) is 0.941. The van der Waals surface area contributed by atoms with E-state index >= 15 is 0 Å². The number of ether oxygens (including phenoxy) is 1. The molecule has 0 fully saturated rings. The van der Waals surface area contributed by atoms with Gasteiger partial charge in [0.25, 0.3) is 0 Å². The zero-order valence-electron chi connectivity index (χ0n) is 9.09. The van der Waals surface area contributed by atoms with E-state index in [4.69, 9.17) is 4.74 Å². The highest BCUT2D eigenvalue weighted by molar-refractivity contribution is 5.95. The van der Waals surface area contributed by atoms with Crippen molar-refractivity contribution in [2.45, 2.75) is 6.92 Å². The predicted octanol–water partition coefficient (Wildman–Crippen LogP) is 0.854. The zero-order valence-corrected chi connectivity index (χ0v) is 9.09. The van der Waals surface area contributed by atoms with Crippen LogP contribution in [0.2, 0.25) is 0 Å². The van der Waals surface area contributed by atoms with Crippen LogP contribution < -0.4 is 0 Å². The molecular weight excluding hydrogens is 166 g/mol. The maximum absolute atomic E-state index is 11.4. The van der Waals surface area contributed by atoms with E-state index in [0.29, 0.717) is 23.2 Å². The standard InChI is InChI=1S/C10H20NO2/c1-9(2)10(12)8-11(3,4)6-7-13-5/h1,6-8H2,2-5H3/q+1. The van der Waals surface area contributed by atoms with E-state index in [9.17, 15) is 4.79 Å². The molecule has 13 heavy (non-hydrogen) atoms. The Kier molecular flexibility index (Phi) is 4.88. The second-order valence-electron chi connectivity index (χ2n) is 4.01. The summed E-state index contributed by atoms with van der Waals surface area (Å²) >= 11 is 0. The van der Waals surface area contributed by atoms with Crippen LogP contribution in [0.25, 0.3) is 0 Å². The molecule has 0 unspecified atom stereocenters. The van der Waals surface area contributed by atoms with Crippen molar-refractivity contribution < 1.29 is 14.0 Å². The fraction of sp³-hybridized carbons (Fsp3) is 0.700. The second kappa shape index (κ2) is 5.14. The number of nitrogens with zero attached hydrogens (tertiary/aromatic N) is 1. The van der Waals surface area contributed by atoms with Crippen LogP contribution in [0.1, 0.15) is 6.92 Å². The van der Waals surface area contributed by atoms with E-state index in [1.807, 2.05) is 14.1 Å². The topological polar surface area (TPSA) is 26.3 Å². The SMILES string of the molecule is C=C(C)C(=O)C[N+](C)(C)CCOC. The quantitative estimate of drug-likeness (QED) is 0.454. The lowest BCUT2D eigenvalue weighted by Gasteiger charge is -2.28. The van der Waals surface area contributed by atoms with Gasteiger partial charge < -0.3 is 9.22 Å². The summed E-state index contributed by atoms with van der Waals surface area (Å²) in [6, 6.07) is 0. The molecule has 3 heteroatoms. The number of likely N-dealkylation sites (N-methyl/N-ethyl adjacent to an activating group) is 1. The first-order valence-corrected chi connectivity index (χ1v) is 4.39. The summed E-state index contributed by atoms with van der Waals surface area (Å²) < 4.78 is 5.62. The summed E-state index contributed by atoms with van der Waals surface area (Å²) in [6.45, 7) is 7.40. The lowest BCUT2D eigenvalue weighted by molar-refractivity contribution is -0.882.